The lowest BCUT2D eigenvalue weighted by atomic mass is 10.0. The summed E-state index contributed by atoms with van der Waals surface area (Å²) in [6.07, 6.45) is 0. The highest BCUT2D eigenvalue weighted by molar-refractivity contribution is 9.11. The van der Waals surface area contributed by atoms with Gasteiger partial charge in [0.25, 0.3) is 0 Å². The fourth-order valence-corrected chi connectivity index (χ4v) is 7.23. The zero-order valence-electron chi connectivity index (χ0n) is 11.9. The minimum Gasteiger partial charge on any atom is -0.143 e. The molecule has 0 saturated carbocycles. The van der Waals surface area contributed by atoms with Crippen LogP contribution in [0.1, 0.15) is 0 Å². The zero-order valence-corrected chi connectivity index (χ0v) is 19.9. The number of benzene rings is 2. The van der Waals surface area contributed by atoms with Crippen LogP contribution in [-0.2, 0) is 0 Å². The summed E-state index contributed by atoms with van der Waals surface area (Å²) < 4.78 is 4.48. The van der Waals surface area contributed by atoms with Crippen molar-refractivity contribution in [1.82, 2.24) is 0 Å². The Morgan fingerprint density at radius 2 is 0.958 bits per heavy atom. The van der Waals surface area contributed by atoms with Crippen molar-refractivity contribution in [1.29, 1.82) is 0 Å². The third kappa shape index (κ3) is 3.10. The molecule has 4 rings (SSSR count). The lowest BCUT2D eigenvalue weighted by Gasteiger charge is -2.10. The summed E-state index contributed by atoms with van der Waals surface area (Å²) in [7, 11) is 0. The van der Waals surface area contributed by atoms with E-state index in [1.54, 1.807) is 22.7 Å². The maximum absolute atomic E-state index is 3.75. The van der Waals surface area contributed by atoms with Gasteiger partial charge in [0.05, 0.1) is 0 Å². The fraction of sp³-hybridized carbons (Fsp3) is 0. The van der Waals surface area contributed by atoms with Crippen LogP contribution in [-0.4, -0.2) is 0 Å². The Kier molecular flexibility index (Phi) is 5.06. The number of halogens is 4. The van der Waals surface area contributed by atoms with Crippen LogP contribution in [0, 0.1) is 0 Å². The highest BCUT2D eigenvalue weighted by Gasteiger charge is 2.14. The second-order valence-corrected chi connectivity index (χ2v) is 10.5. The van der Waals surface area contributed by atoms with Gasteiger partial charge in [-0.25, -0.2) is 0 Å². The van der Waals surface area contributed by atoms with Crippen molar-refractivity contribution in [3.8, 4) is 20.9 Å². The van der Waals surface area contributed by atoms with Gasteiger partial charge in [0, 0.05) is 38.8 Å². The molecule has 0 amide bonds. The Balaban J connectivity index is 1.94. The third-order valence-corrected chi connectivity index (χ3v) is 8.79. The van der Waals surface area contributed by atoms with Gasteiger partial charge in [-0.3, -0.25) is 0 Å². The van der Waals surface area contributed by atoms with E-state index in [1.807, 2.05) is 0 Å². The van der Waals surface area contributed by atoms with E-state index in [0.717, 1.165) is 17.9 Å². The summed E-state index contributed by atoms with van der Waals surface area (Å²) >= 11 is 18.2. The molecular formula is C18H8Br4S2. The normalized spacial score (nSPS) is 11.3. The SMILES string of the molecule is Brc1cc2cc(-c3sccc3Br)c(Br)cc2cc1-c1sccc1Br. The number of thiophene rings is 2. The second-order valence-electron chi connectivity index (χ2n) is 5.21. The van der Waals surface area contributed by atoms with E-state index < -0.39 is 0 Å². The average Bonchev–Trinajstić information content (AvgIpc) is 3.15. The van der Waals surface area contributed by atoms with E-state index >= 15 is 0 Å². The molecule has 0 fully saturated rings. The summed E-state index contributed by atoms with van der Waals surface area (Å²) in [5.41, 5.74) is 2.42. The molecule has 6 heteroatoms. The van der Waals surface area contributed by atoms with Crippen molar-refractivity contribution in [2.75, 3.05) is 0 Å². The molecule has 0 aliphatic rings. The summed E-state index contributed by atoms with van der Waals surface area (Å²) in [6.45, 7) is 0. The molecule has 0 radical (unpaired) electrons. The first-order chi connectivity index (χ1) is 11.5. The Labute approximate surface area is 181 Å². The molecule has 2 aromatic heterocycles. The second kappa shape index (κ2) is 6.97. The van der Waals surface area contributed by atoms with Crippen LogP contribution in [0.2, 0.25) is 0 Å². The topological polar surface area (TPSA) is 0 Å². The van der Waals surface area contributed by atoms with Gasteiger partial charge >= 0.3 is 0 Å². The molecule has 4 aromatic rings. The number of hydrogen-bond acceptors (Lipinski definition) is 2. The number of rotatable bonds is 2. The van der Waals surface area contributed by atoms with Gasteiger partial charge in [0.1, 0.15) is 0 Å². The predicted octanol–water partition coefficient (Wildman–Crippen LogP) is 9.35. The van der Waals surface area contributed by atoms with Crippen LogP contribution in [0.4, 0.5) is 0 Å². The lowest BCUT2D eigenvalue weighted by Crippen LogP contribution is -1.83. The molecule has 0 nitrogen and oxygen atoms in total. The van der Waals surface area contributed by atoms with E-state index in [1.165, 1.54) is 31.7 Å². The summed E-state index contributed by atoms with van der Waals surface area (Å²) in [5, 5.41) is 6.64. The molecule has 0 unspecified atom stereocenters. The van der Waals surface area contributed by atoms with Crippen molar-refractivity contribution in [2.24, 2.45) is 0 Å². The van der Waals surface area contributed by atoms with Crippen molar-refractivity contribution >= 4 is 97.2 Å². The lowest BCUT2D eigenvalue weighted by molar-refractivity contribution is 1.64. The van der Waals surface area contributed by atoms with Crippen molar-refractivity contribution in [3.05, 3.63) is 65.0 Å². The Morgan fingerprint density at radius 3 is 1.29 bits per heavy atom. The first-order valence-electron chi connectivity index (χ1n) is 6.94. The highest BCUT2D eigenvalue weighted by atomic mass is 79.9. The maximum atomic E-state index is 3.75. The van der Waals surface area contributed by atoms with Crippen LogP contribution >= 0.6 is 86.4 Å². The molecule has 0 spiro atoms. The zero-order chi connectivity index (χ0) is 16.8. The molecular weight excluding hydrogens is 600 g/mol. The standard InChI is InChI=1S/C18H8Br4S2/c19-13-1-3-23-17(13)11-5-9-8-16(22)12(6-10(9)7-15(11)21)18-14(20)2-4-24-18/h1-8H. The maximum Gasteiger partial charge on any atom is 0.0496 e. The molecule has 120 valence electrons. The molecule has 2 aromatic carbocycles. The first kappa shape index (κ1) is 17.4. The molecule has 0 bridgehead atoms. The van der Waals surface area contributed by atoms with Crippen molar-refractivity contribution in [3.63, 3.8) is 0 Å². The minimum absolute atomic E-state index is 1.11. The van der Waals surface area contributed by atoms with Crippen LogP contribution in [0.15, 0.2) is 65.0 Å². The predicted molar refractivity (Wildman–Crippen MR) is 121 cm³/mol. The van der Waals surface area contributed by atoms with Gasteiger partial charge in [-0.1, -0.05) is 31.9 Å². The first-order valence-corrected chi connectivity index (χ1v) is 11.9. The molecule has 0 aliphatic carbocycles. The minimum atomic E-state index is 1.11. The largest absolute Gasteiger partial charge is 0.143 e. The van der Waals surface area contributed by atoms with Crippen molar-refractivity contribution in [2.45, 2.75) is 0 Å². The van der Waals surface area contributed by atoms with Gasteiger partial charge in [0.15, 0.2) is 0 Å². The van der Waals surface area contributed by atoms with Crippen LogP contribution in [0.25, 0.3) is 31.7 Å². The molecule has 24 heavy (non-hydrogen) atoms. The fourth-order valence-electron chi connectivity index (χ4n) is 2.61. The molecule has 0 atom stereocenters. The Morgan fingerprint density at radius 1 is 0.542 bits per heavy atom. The van der Waals surface area contributed by atoms with Gasteiger partial charge in [-0.05, 0) is 89.8 Å². The smallest absolute Gasteiger partial charge is 0.0496 e. The average molecular weight is 608 g/mol. The van der Waals surface area contributed by atoms with Gasteiger partial charge < -0.3 is 0 Å². The van der Waals surface area contributed by atoms with Gasteiger partial charge in [-0.2, -0.15) is 0 Å². The van der Waals surface area contributed by atoms with E-state index in [-0.39, 0.29) is 0 Å². The summed E-state index contributed by atoms with van der Waals surface area (Å²) in [6, 6.07) is 13.1. The van der Waals surface area contributed by atoms with E-state index in [0.29, 0.717) is 0 Å². The highest BCUT2D eigenvalue weighted by Crippen LogP contribution is 2.43. The van der Waals surface area contributed by atoms with Crippen LogP contribution in [0.5, 0.6) is 0 Å². The Bertz CT molecular complexity index is 977. The molecule has 0 N–H and O–H groups in total. The van der Waals surface area contributed by atoms with E-state index in [9.17, 15) is 0 Å². The van der Waals surface area contributed by atoms with Crippen LogP contribution in [0.3, 0.4) is 0 Å². The van der Waals surface area contributed by atoms with Gasteiger partial charge in [-0.15, -0.1) is 22.7 Å². The molecule has 0 aliphatic heterocycles. The number of hydrogen-bond donors (Lipinski definition) is 0. The monoisotopic (exact) mass is 604 g/mol. The van der Waals surface area contributed by atoms with Crippen LogP contribution < -0.4 is 0 Å². The third-order valence-electron chi connectivity index (χ3n) is 3.74. The quantitative estimate of drug-likeness (QED) is 0.213. The molecule has 2 heterocycles. The Hall–Kier alpha value is 0.0200. The van der Waals surface area contributed by atoms with E-state index in [2.05, 4.69) is 111 Å². The molecule has 0 saturated heterocycles. The summed E-state index contributed by atoms with van der Waals surface area (Å²) in [4.78, 5) is 2.48. The van der Waals surface area contributed by atoms with E-state index in [4.69, 9.17) is 0 Å². The summed E-state index contributed by atoms with van der Waals surface area (Å²) in [5.74, 6) is 0. The van der Waals surface area contributed by atoms with Gasteiger partial charge in [0.2, 0.25) is 0 Å². The van der Waals surface area contributed by atoms with Crippen molar-refractivity contribution < 1.29 is 0 Å². The number of fused-ring (bicyclic) bond motifs is 1.